The number of pyridine rings is 2. The highest BCUT2D eigenvalue weighted by Gasteiger charge is 2.63. The first-order valence-electron chi connectivity index (χ1n) is 13.6. The molecule has 0 aliphatic heterocycles. The Morgan fingerprint density at radius 1 is 1.09 bits per heavy atom. The van der Waals surface area contributed by atoms with Crippen LogP contribution in [0.25, 0.3) is 10.9 Å². The van der Waals surface area contributed by atoms with Crippen LogP contribution in [0.4, 0.5) is 28.9 Å². The molecule has 0 amide bonds. The number of alkyl halides is 3. The first kappa shape index (κ1) is 29.7. The number of aryl methyl sites for hydroxylation is 1. The SMILES string of the molecule is Cc1nc(F)ccc1[C@H](Nc1cc(C#N)c2ncc(C#N)c(NCC(C)(C)C)c2c1)c1cn(CC2(C(F)(F)F)CC2)nn1. The monoisotopic (exact) mass is 591 g/mol. The van der Waals surface area contributed by atoms with Crippen LogP contribution in [0.15, 0.2) is 36.7 Å². The van der Waals surface area contributed by atoms with E-state index in [0.717, 1.165) is 0 Å². The number of hydrogen-bond acceptors (Lipinski definition) is 8. The first-order valence-corrected chi connectivity index (χ1v) is 13.6. The molecule has 1 saturated carbocycles. The minimum Gasteiger partial charge on any atom is -0.383 e. The Kier molecular flexibility index (Phi) is 7.46. The summed E-state index contributed by atoms with van der Waals surface area (Å²) in [5.41, 5.74) is 1.08. The fraction of sp³-hybridized carbons (Fsp3) is 0.400. The second-order valence-electron chi connectivity index (χ2n) is 12.1. The lowest BCUT2D eigenvalue weighted by atomic mass is 9.96. The van der Waals surface area contributed by atoms with Gasteiger partial charge in [0.2, 0.25) is 5.95 Å². The van der Waals surface area contributed by atoms with E-state index in [0.29, 0.717) is 45.6 Å². The van der Waals surface area contributed by atoms with Gasteiger partial charge in [0.1, 0.15) is 17.8 Å². The number of nitrogens with zero attached hydrogens (tertiary/aromatic N) is 7. The van der Waals surface area contributed by atoms with Crippen molar-refractivity contribution in [3.63, 3.8) is 0 Å². The van der Waals surface area contributed by atoms with E-state index in [-0.39, 0.29) is 36.1 Å². The van der Waals surface area contributed by atoms with Gasteiger partial charge in [0.15, 0.2) is 0 Å². The highest BCUT2D eigenvalue weighted by Crippen LogP contribution is 2.58. The van der Waals surface area contributed by atoms with Crippen molar-refractivity contribution in [2.45, 2.75) is 59.3 Å². The van der Waals surface area contributed by atoms with Gasteiger partial charge in [0.25, 0.3) is 0 Å². The number of nitriles is 2. The van der Waals surface area contributed by atoms with Gasteiger partial charge in [-0.2, -0.15) is 28.1 Å². The summed E-state index contributed by atoms with van der Waals surface area (Å²) in [6.07, 6.45) is -1.46. The molecule has 0 unspecified atom stereocenters. The van der Waals surface area contributed by atoms with Gasteiger partial charge >= 0.3 is 6.18 Å². The number of benzene rings is 1. The van der Waals surface area contributed by atoms with Gasteiger partial charge in [-0.25, -0.2) is 4.98 Å². The lowest BCUT2D eigenvalue weighted by Crippen LogP contribution is -2.29. The first-order chi connectivity index (χ1) is 20.2. The second kappa shape index (κ2) is 10.8. The highest BCUT2D eigenvalue weighted by atomic mass is 19.4. The quantitative estimate of drug-likeness (QED) is 0.178. The Morgan fingerprint density at radius 2 is 1.81 bits per heavy atom. The second-order valence-corrected chi connectivity index (χ2v) is 12.1. The largest absolute Gasteiger partial charge is 0.396 e. The smallest absolute Gasteiger partial charge is 0.383 e. The number of anilines is 2. The minimum atomic E-state index is -4.36. The van der Waals surface area contributed by atoms with Crippen molar-refractivity contribution in [2.24, 2.45) is 10.8 Å². The molecule has 43 heavy (non-hydrogen) atoms. The van der Waals surface area contributed by atoms with E-state index < -0.39 is 23.6 Å². The fourth-order valence-corrected chi connectivity index (χ4v) is 4.94. The van der Waals surface area contributed by atoms with Gasteiger partial charge in [-0.1, -0.05) is 32.1 Å². The Morgan fingerprint density at radius 3 is 2.42 bits per heavy atom. The number of fused-ring (bicyclic) bond motifs is 1. The van der Waals surface area contributed by atoms with E-state index in [2.05, 4.69) is 43.1 Å². The summed E-state index contributed by atoms with van der Waals surface area (Å²) in [5.74, 6) is -0.688. The van der Waals surface area contributed by atoms with Gasteiger partial charge < -0.3 is 10.6 Å². The lowest BCUT2D eigenvalue weighted by molar-refractivity contribution is -0.191. The molecule has 9 nitrogen and oxygen atoms in total. The van der Waals surface area contributed by atoms with E-state index in [4.69, 9.17) is 0 Å². The van der Waals surface area contributed by atoms with Gasteiger partial charge in [-0.15, -0.1) is 5.10 Å². The number of halogens is 4. The van der Waals surface area contributed by atoms with Crippen LogP contribution in [0.3, 0.4) is 0 Å². The van der Waals surface area contributed by atoms with E-state index in [1.165, 1.54) is 29.2 Å². The molecule has 3 aromatic heterocycles. The molecule has 1 aromatic carbocycles. The standard InChI is InChI=1S/C30H29F4N9/c1-17-21(5-6-24(31)39-17)27(23-14-43(42-41-23)16-29(7-8-29)30(32,33)34)40-20-9-18(11-35)25-22(10-20)26(19(12-36)13-37-25)38-15-28(2,3)4/h5-6,9-10,13-14,27,40H,7-8,15-16H2,1-4H3,(H,37,38)/t27-/m0/s1. The Hall–Kier alpha value is -4.78. The van der Waals surface area contributed by atoms with Crippen molar-refractivity contribution in [2.75, 3.05) is 17.2 Å². The van der Waals surface area contributed by atoms with E-state index >= 15 is 0 Å². The molecule has 5 rings (SSSR count). The maximum atomic E-state index is 13.9. The molecule has 0 spiro atoms. The van der Waals surface area contributed by atoms with E-state index in [1.54, 1.807) is 19.1 Å². The molecule has 1 aliphatic rings. The van der Waals surface area contributed by atoms with Gasteiger partial charge in [-0.05, 0) is 43.4 Å². The number of hydrogen-bond donors (Lipinski definition) is 2. The zero-order valence-corrected chi connectivity index (χ0v) is 24.0. The van der Waals surface area contributed by atoms with E-state index in [9.17, 15) is 28.1 Å². The van der Waals surface area contributed by atoms with Gasteiger partial charge in [0, 0.05) is 35.1 Å². The molecule has 1 fully saturated rings. The van der Waals surface area contributed by atoms with Crippen LogP contribution in [-0.4, -0.2) is 37.7 Å². The molecular formula is C30H29F4N9. The molecule has 13 heteroatoms. The maximum Gasteiger partial charge on any atom is 0.396 e. The normalized spacial score (nSPS) is 15.0. The number of rotatable bonds is 8. The molecule has 3 heterocycles. The van der Waals surface area contributed by atoms with Crippen LogP contribution >= 0.6 is 0 Å². The van der Waals surface area contributed by atoms with Crippen molar-refractivity contribution in [3.05, 3.63) is 70.7 Å². The predicted octanol–water partition coefficient (Wildman–Crippen LogP) is 6.41. The number of aromatic nitrogens is 5. The van der Waals surface area contributed by atoms with Gasteiger partial charge in [0.05, 0.1) is 46.5 Å². The zero-order valence-electron chi connectivity index (χ0n) is 24.0. The van der Waals surface area contributed by atoms with Crippen molar-refractivity contribution in [1.29, 1.82) is 10.5 Å². The van der Waals surface area contributed by atoms with Crippen molar-refractivity contribution in [1.82, 2.24) is 25.0 Å². The fourth-order valence-electron chi connectivity index (χ4n) is 4.94. The predicted molar refractivity (Wildman–Crippen MR) is 151 cm³/mol. The molecule has 0 saturated heterocycles. The molecule has 4 aromatic rings. The third-order valence-corrected chi connectivity index (χ3v) is 7.49. The molecule has 222 valence electrons. The third kappa shape index (κ3) is 6.07. The Labute approximate surface area is 245 Å². The molecule has 1 atom stereocenters. The van der Waals surface area contributed by atoms with Crippen LogP contribution < -0.4 is 10.6 Å². The maximum absolute atomic E-state index is 13.9. The molecule has 2 N–H and O–H groups in total. The zero-order chi connectivity index (χ0) is 31.2. The topological polar surface area (TPSA) is 128 Å². The van der Waals surface area contributed by atoms with Crippen molar-refractivity contribution < 1.29 is 17.6 Å². The van der Waals surface area contributed by atoms with Crippen LogP contribution in [-0.2, 0) is 6.54 Å². The lowest BCUT2D eigenvalue weighted by Gasteiger charge is -2.23. The van der Waals surface area contributed by atoms with Crippen LogP contribution in [0.5, 0.6) is 0 Å². The minimum absolute atomic E-state index is 0.0205. The summed E-state index contributed by atoms with van der Waals surface area (Å²) in [6, 6.07) is 9.52. The molecule has 0 radical (unpaired) electrons. The summed E-state index contributed by atoms with van der Waals surface area (Å²) in [5, 5.41) is 35.1. The molecule has 1 aliphatic carbocycles. The summed E-state index contributed by atoms with van der Waals surface area (Å²) >= 11 is 0. The summed E-state index contributed by atoms with van der Waals surface area (Å²) < 4.78 is 56.0. The van der Waals surface area contributed by atoms with Crippen LogP contribution in [0.1, 0.15) is 67.7 Å². The summed E-state index contributed by atoms with van der Waals surface area (Å²) in [6.45, 7) is 7.90. The Bertz CT molecular complexity index is 1770. The highest BCUT2D eigenvalue weighted by molar-refractivity contribution is 5.99. The molecular weight excluding hydrogens is 562 g/mol. The summed E-state index contributed by atoms with van der Waals surface area (Å²) in [4.78, 5) is 8.29. The number of nitrogens with one attached hydrogen (secondary N) is 2. The average molecular weight is 592 g/mol. The Balaban J connectivity index is 1.59. The summed E-state index contributed by atoms with van der Waals surface area (Å²) in [7, 11) is 0. The van der Waals surface area contributed by atoms with Gasteiger partial charge in [-0.3, -0.25) is 9.67 Å². The van der Waals surface area contributed by atoms with Crippen LogP contribution in [0, 0.1) is 46.4 Å². The third-order valence-electron chi connectivity index (χ3n) is 7.49. The molecule has 0 bridgehead atoms. The van der Waals surface area contributed by atoms with E-state index in [1.807, 2.05) is 20.8 Å². The average Bonchev–Trinajstić information content (AvgIpc) is 3.59. The van der Waals surface area contributed by atoms with Crippen molar-refractivity contribution >= 4 is 22.3 Å². The van der Waals surface area contributed by atoms with Crippen LogP contribution in [0.2, 0.25) is 0 Å². The van der Waals surface area contributed by atoms with Crippen molar-refractivity contribution in [3.8, 4) is 12.1 Å².